The molecule has 0 aliphatic heterocycles. The summed E-state index contributed by atoms with van der Waals surface area (Å²) in [4.78, 5) is 28.4. The van der Waals surface area contributed by atoms with Crippen molar-refractivity contribution >= 4 is 50.7 Å². The summed E-state index contributed by atoms with van der Waals surface area (Å²) in [6, 6.07) is 13.3. The molecule has 0 aliphatic carbocycles. The van der Waals surface area contributed by atoms with E-state index in [0.717, 1.165) is 15.4 Å². The molecule has 9 nitrogen and oxygen atoms in total. The second-order valence-corrected chi connectivity index (χ2v) is 13.2. The molecule has 12 heteroatoms. The van der Waals surface area contributed by atoms with Gasteiger partial charge < -0.3 is 19.7 Å². The molecule has 0 aromatic heterocycles. The Balaban J connectivity index is 2.12. The number of benzene rings is 3. The van der Waals surface area contributed by atoms with Crippen LogP contribution in [0.5, 0.6) is 11.5 Å². The monoisotopic (exact) mass is 649 g/mol. The van der Waals surface area contributed by atoms with Gasteiger partial charge in [0.15, 0.2) is 11.5 Å². The first-order valence-electron chi connectivity index (χ1n) is 13.5. The van der Waals surface area contributed by atoms with Crippen LogP contribution < -0.4 is 19.1 Å². The van der Waals surface area contributed by atoms with Gasteiger partial charge in [0.1, 0.15) is 12.6 Å². The maximum absolute atomic E-state index is 14.2. The minimum absolute atomic E-state index is 0.0144. The van der Waals surface area contributed by atoms with E-state index in [4.69, 9.17) is 32.7 Å². The number of carbonyl (C=O) groups is 2. The Labute approximate surface area is 263 Å². The summed E-state index contributed by atoms with van der Waals surface area (Å²) in [5.41, 5.74) is 2.54. The number of carbonyl (C=O) groups excluding carboxylic acids is 2. The number of hydrogen-bond acceptors (Lipinski definition) is 6. The summed E-state index contributed by atoms with van der Waals surface area (Å²) in [7, 11) is -1.46. The number of sulfonamides is 1. The van der Waals surface area contributed by atoms with Gasteiger partial charge >= 0.3 is 0 Å². The number of aryl methyl sites for hydroxylation is 2. The Morgan fingerprint density at radius 3 is 2.05 bits per heavy atom. The molecule has 232 valence electrons. The molecule has 3 aromatic carbocycles. The Morgan fingerprint density at radius 2 is 1.49 bits per heavy atom. The maximum atomic E-state index is 14.2. The standard InChI is InChI=1S/C31H37Cl2N3O6S/c1-19(2)34-31(38)22(5)35(17-23-8-10-26(32)27(33)15-23)30(37)18-36(24-13-20(3)12-21(4)14-24)43(39,40)25-9-11-28(41-6)29(16-25)42-7/h8-16,19,22H,17-18H2,1-7H3,(H,34,38)/t22-/m1/s1. The third-order valence-electron chi connectivity index (χ3n) is 6.65. The molecule has 43 heavy (non-hydrogen) atoms. The van der Waals surface area contributed by atoms with Crippen molar-refractivity contribution in [2.75, 3.05) is 25.1 Å². The van der Waals surface area contributed by atoms with Crippen LogP contribution in [0.15, 0.2) is 59.5 Å². The van der Waals surface area contributed by atoms with Crippen LogP contribution in [0.4, 0.5) is 5.69 Å². The number of nitrogens with one attached hydrogen (secondary N) is 1. The SMILES string of the molecule is COc1ccc(S(=O)(=O)N(CC(=O)N(Cc2ccc(Cl)c(Cl)c2)[C@H](C)C(=O)NC(C)C)c2cc(C)cc(C)c2)cc1OC. The van der Waals surface area contributed by atoms with Gasteiger partial charge in [-0.1, -0.05) is 35.3 Å². The zero-order chi connectivity index (χ0) is 32.1. The van der Waals surface area contributed by atoms with Crippen LogP contribution in [0.1, 0.15) is 37.5 Å². The summed E-state index contributed by atoms with van der Waals surface area (Å²) in [6.45, 7) is 8.31. The third kappa shape index (κ3) is 8.34. The third-order valence-corrected chi connectivity index (χ3v) is 9.16. The summed E-state index contributed by atoms with van der Waals surface area (Å²) in [6.07, 6.45) is 0. The lowest BCUT2D eigenvalue weighted by Crippen LogP contribution is -2.52. The molecule has 0 bridgehead atoms. The molecule has 1 N–H and O–H groups in total. The molecular formula is C31H37Cl2N3O6S. The number of methoxy groups -OCH3 is 2. The van der Waals surface area contributed by atoms with E-state index in [1.54, 1.807) is 37.3 Å². The van der Waals surface area contributed by atoms with Crippen LogP contribution in [0, 0.1) is 13.8 Å². The zero-order valence-corrected chi connectivity index (χ0v) is 27.6. The average Bonchev–Trinajstić information content (AvgIpc) is 2.94. The van der Waals surface area contributed by atoms with Crippen LogP contribution in [0.25, 0.3) is 0 Å². The fourth-order valence-corrected chi connectivity index (χ4v) is 6.28. The highest BCUT2D eigenvalue weighted by molar-refractivity contribution is 7.92. The molecule has 0 fully saturated rings. The number of amides is 2. The summed E-state index contributed by atoms with van der Waals surface area (Å²) >= 11 is 12.3. The van der Waals surface area contributed by atoms with Crippen molar-refractivity contribution in [3.05, 3.63) is 81.3 Å². The van der Waals surface area contributed by atoms with Gasteiger partial charge in [0.2, 0.25) is 11.8 Å². The predicted molar refractivity (Wildman–Crippen MR) is 170 cm³/mol. The van der Waals surface area contributed by atoms with Crippen LogP contribution in [0.3, 0.4) is 0 Å². The largest absolute Gasteiger partial charge is 0.493 e. The first-order valence-corrected chi connectivity index (χ1v) is 15.7. The van der Waals surface area contributed by atoms with Crippen molar-refractivity contribution < 1.29 is 27.5 Å². The number of halogens is 2. The van der Waals surface area contributed by atoms with Crippen molar-refractivity contribution in [3.63, 3.8) is 0 Å². The molecule has 0 heterocycles. The van der Waals surface area contributed by atoms with E-state index in [0.29, 0.717) is 27.0 Å². The molecule has 2 amide bonds. The number of nitrogens with zero attached hydrogens (tertiary/aromatic N) is 2. The number of anilines is 1. The lowest BCUT2D eigenvalue weighted by molar-refractivity contribution is -0.139. The molecule has 3 rings (SSSR count). The molecule has 0 aliphatic rings. The lowest BCUT2D eigenvalue weighted by Gasteiger charge is -2.32. The molecule has 0 saturated carbocycles. The van der Waals surface area contributed by atoms with Gasteiger partial charge in [-0.2, -0.15) is 0 Å². The molecule has 3 aromatic rings. The van der Waals surface area contributed by atoms with Gasteiger partial charge in [-0.3, -0.25) is 13.9 Å². The minimum Gasteiger partial charge on any atom is -0.493 e. The van der Waals surface area contributed by atoms with Crippen molar-refractivity contribution in [1.82, 2.24) is 10.2 Å². The van der Waals surface area contributed by atoms with Gasteiger partial charge in [-0.05, 0) is 87.7 Å². The van der Waals surface area contributed by atoms with E-state index in [9.17, 15) is 18.0 Å². The second kappa shape index (κ2) is 14.3. The number of rotatable bonds is 12. The Hall–Kier alpha value is -3.47. The Kier molecular flexibility index (Phi) is 11.3. The van der Waals surface area contributed by atoms with Crippen LogP contribution in [-0.2, 0) is 26.2 Å². The quantitative estimate of drug-likeness (QED) is 0.267. The van der Waals surface area contributed by atoms with Gasteiger partial charge in [0.05, 0.1) is 34.8 Å². The minimum atomic E-state index is -4.31. The van der Waals surface area contributed by atoms with Gasteiger partial charge in [0.25, 0.3) is 10.0 Å². The highest BCUT2D eigenvalue weighted by Gasteiger charge is 2.33. The molecule has 0 spiro atoms. The second-order valence-electron chi connectivity index (χ2n) is 10.5. The van der Waals surface area contributed by atoms with Crippen molar-refractivity contribution in [2.45, 2.75) is 58.1 Å². The number of hydrogen-bond donors (Lipinski definition) is 1. The molecule has 1 atom stereocenters. The van der Waals surface area contributed by atoms with Gasteiger partial charge in [-0.15, -0.1) is 0 Å². The highest BCUT2D eigenvalue weighted by Crippen LogP contribution is 2.33. The highest BCUT2D eigenvalue weighted by atomic mass is 35.5. The molecule has 0 unspecified atom stereocenters. The zero-order valence-electron chi connectivity index (χ0n) is 25.3. The van der Waals surface area contributed by atoms with E-state index in [1.165, 1.54) is 37.3 Å². The van der Waals surface area contributed by atoms with E-state index >= 15 is 0 Å². The van der Waals surface area contributed by atoms with Gasteiger partial charge in [-0.25, -0.2) is 8.42 Å². The summed E-state index contributed by atoms with van der Waals surface area (Å²) < 4.78 is 40.1. The van der Waals surface area contributed by atoms with E-state index < -0.39 is 28.5 Å². The van der Waals surface area contributed by atoms with E-state index in [-0.39, 0.29) is 29.1 Å². The average molecular weight is 651 g/mol. The molecule has 0 saturated heterocycles. The first-order chi connectivity index (χ1) is 20.2. The van der Waals surface area contributed by atoms with Crippen LogP contribution in [-0.4, -0.2) is 58.0 Å². The normalized spacial score (nSPS) is 12.0. The topological polar surface area (TPSA) is 105 Å². The van der Waals surface area contributed by atoms with E-state index in [2.05, 4.69) is 5.32 Å². The fraction of sp³-hybridized carbons (Fsp3) is 0.355. The number of ether oxygens (including phenoxy) is 2. The maximum Gasteiger partial charge on any atom is 0.264 e. The summed E-state index contributed by atoms with van der Waals surface area (Å²) in [5.74, 6) is -0.409. The molecule has 0 radical (unpaired) electrons. The van der Waals surface area contributed by atoms with Crippen molar-refractivity contribution in [3.8, 4) is 11.5 Å². The van der Waals surface area contributed by atoms with Crippen LogP contribution in [0.2, 0.25) is 10.0 Å². The fourth-order valence-electron chi connectivity index (χ4n) is 4.55. The van der Waals surface area contributed by atoms with Crippen molar-refractivity contribution in [1.29, 1.82) is 0 Å². The first kappa shape index (κ1) is 34.0. The Morgan fingerprint density at radius 1 is 0.860 bits per heavy atom. The van der Waals surface area contributed by atoms with Gasteiger partial charge in [0, 0.05) is 18.7 Å². The van der Waals surface area contributed by atoms with Crippen molar-refractivity contribution in [2.24, 2.45) is 0 Å². The summed E-state index contributed by atoms with van der Waals surface area (Å²) in [5, 5.41) is 3.46. The van der Waals surface area contributed by atoms with E-state index in [1.807, 2.05) is 33.8 Å². The smallest absolute Gasteiger partial charge is 0.264 e. The van der Waals surface area contributed by atoms with Crippen LogP contribution >= 0.6 is 23.2 Å². The Bertz CT molecular complexity index is 1580. The molecular weight excluding hydrogens is 613 g/mol. The lowest BCUT2D eigenvalue weighted by atomic mass is 10.1. The predicted octanol–water partition coefficient (Wildman–Crippen LogP) is 5.76.